The Kier molecular flexibility index (Phi) is 3.50. The fourth-order valence-corrected chi connectivity index (χ4v) is 3.84. The van der Waals surface area contributed by atoms with E-state index in [1.54, 1.807) is 11.3 Å². The summed E-state index contributed by atoms with van der Waals surface area (Å²) >= 11 is 7.68. The molecule has 0 bridgehead atoms. The standard InChI is InChI=1S/C16H14ClN3O2S/c1-8-9(2)23-15-13(8)14(19-16(17)20-15)18-6-10-3-4-11-12(5-10)22-7-21-11/h3-5H,6-7H2,1-2H3,(H,18,19,20). The van der Waals surface area contributed by atoms with E-state index in [2.05, 4.69) is 29.1 Å². The zero-order chi connectivity index (χ0) is 16.0. The van der Waals surface area contributed by atoms with Crippen LogP contribution in [0.5, 0.6) is 11.5 Å². The normalized spacial score (nSPS) is 12.8. The van der Waals surface area contributed by atoms with Crippen LogP contribution in [0, 0.1) is 13.8 Å². The van der Waals surface area contributed by atoms with Gasteiger partial charge >= 0.3 is 0 Å². The van der Waals surface area contributed by atoms with Crippen molar-refractivity contribution in [2.75, 3.05) is 12.1 Å². The number of nitrogens with zero attached hydrogens (tertiary/aromatic N) is 2. The Labute approximate surface area is 142 Å². The number of nitrogens with one attached hydrogen (secondary N) is 1. The quantitative estimate of drug-likeness (QED) is 0.716. The van der Waals surface area contributed by atoms with Gasteiger partial charge in [0.2, 0.25) is 12.1 Å². The molecule has 0 fully saturated rings. The highest BCUT2D eigenvalue weighted by Crippen LogP contribution is 2.35. The van der Waals surface area contributed by atoms with E-state index in [0.717, 1.165) is 33.1 Å². The second kappa shape index (κ2) is 5.54. The van der Waals surface area contributed by atoms with Crippen molar-refractivity contribution in [3.8, 4) is 11.5 Å². The van der Waals surface area contributed by atoms with Crippen molar-refractivity contribution in [3.63, 3.8) is 0 Å². The maximum atomic E-state index is 6.05. The number of benzene rings is 1. The molecule has 0 amide bonds. The maximum absolute atomic E-state index is 6.05. The van der Waals surface area contributed by atoms with Gasteiger partial charge in [0.05, 0.1) is 5.39 Å². The minimum absolute atomic E-state index is 0.256. The summed E-state index contributed by atoms with van der Waals surface area (Å²) in [5.74, 6) is 2.32. The number of anilines is 1. The van der Waals surface area contributed by atoms with Gasteiger partial charge in [-0.15, -0.1) is 11.3 Å². The van der Waals surface area contributed by atoms with Gasteiger partial charge in [0, 0.05) is 11.4 Å². The van der Waals surface area contributed by atoms with Gasteiger partial charge in [-0.25, -0.2) is 9.97 Å². The minimum atomic E-state index is 0.256. The Morgan fingerprint density at radius 3 is 2.91 bits per heavy atom. The molecule has 1 aliphatic heterocycles. The molecule has 1 aliphatic rings. The van der Waals surface area contributed by atoms with Gasteiger partial charge in [0.1, 0.15) is 10.6 Å². The maximum Gasteiger partial charge on any atom is 0.231 e. The second-order valence-corrected chi connectivity index (χ2v) is 6.89. The van der Waals surface area contributed by atoms with E-state index in [-0.39, 0.29) is 12.1 Å². The monoisotopic (exact) mass is 347 g/mol. The highest BCUT2D eigenvalue weighted by Gasteiger charge is 2.15. The number of ether oxygens (including phenoxy) is 2. The van der Waals surface area contributed by atoms with Crippen LogP contribution in [0.1, 0.15) is 16.0 Å². The molecule has 1 N–H and O–H groups in total. The largest absolute Gasteiger partial charge is 0.454 e. The predicted octanol–water partition coefficient (Wildman–Crippen LogP) is 4.30. The highest BCUT2D eigenvalue weighted by atomic mass is 35.5. The van der Waals surface area contributed by atoms with Crippen LogP contribution in [0.3, 0.4) is 0 Å². The Morgan fingerprint density at radius 1 is 1.22 bits per heavy atom. The van der Waals surface area contributed by atoms with E-state index < -0.39 is 0 Å². The van der Waals surface area contributed by atoms with E-state index in [1.165, 1.54) is 10.4 Å². The summed E-state index contributed by atoms with van der Waals surface area (Å²) in [6, 6.07) is 5.90. The average Bonchev–Trinajstić information content (AvgIpc) is 3.09. The number of aryl methyl sites for hydroxylation is 2. The third kappa shape index (κ3) is 2.58. The Morgan fingerprint density at radius 2 is 2.04 bits per heavy atom. The first-order valence-corrected chi connectivity index (χ1v) is 8.37. The fourth-order valence-electron chi connectivity index (χ4n) is 2.59. The molecule has 1 aromatic carbocycles. The van der Waals surface area contributed by atoms with Gasteiger partial charge in [-0.2, -0.15) is 0 Å². The summed E-state index contributed by atoms with van der Waals surface area (Å²) in [5, 5.41) is 4.66. The van der Waals surface area contributed by atoms with E-state index in [0.29, 0.717) is 6.54 Å². The Bertz CT molecular complexity index is 910. The van der Waals surface area contributed by atoms with Gasteiger partial charge in [-0.05, 0) is 48.7 Å². The number of rotatable bonds is 3. The lowest BCUT2D eigenvalue weighted by Crippen LogP contribution is -2.03. The predicted molar refractivity (Wildman–Crippen MR) is 91.8 cm³/mol. The molecule has 4 rings (SSSR count). The summed E-state index contributed by atoms with van der Waals surface area (Å²) in [5.41, 5.74) is 2.27. The molecule has 3 aromatic rings. The number of fused-ring (bicyclic) bond motifs is 2. The van der Waals surface area contributed by atoms with Crippen LogP contribution in [0.4, 0.5) is 5.82 Å². The summed E-state index contributed by atoms with van der Waals surface area (Å²) in [6.45, 7) is 5.06. The van der Waals surface area contributed by atoms with Crippen molar-refractivity contribution in [1.29, 1.82) is 0 Å². The van der Waals surface area contributed by atoms with Crippen LogP contribution in [0.2, 0.25) is 5.28 Å². The van der Waals surface area contributed by atoms with Gasteiger partial charge in [-0.1, -0.05) is 6.07 Å². The molecular weight excluding hydrogens is 334 g/mol. The summed E-state index contributed by atoms with van der Waals surface area (Å²) in [6.07, 6.45) is 0. The van der Waals surface area contributed by atoms with E-state index in [1.807, 2.05) is 18.2 Å². The molecule has 5 nitrogen and oxygen atoms in total. The molecule has 0 aliphatic carbocycles. The van der Waals surface area contributed by atoms with Crippen LogP contribution >= 0.6 is 22.9 Å². The molecule has 3 heterocycles. The second-order valence-electron chi connectivity index (χ2n) is 5.35. The van der Waals surface area contributed by atoms with Gasteiger partial charge in [0.15, 0.2) is 11.5 Å². The number of hydrogen-bond donors (Lipinski definition) is 1. The first-order valence-electron chi connectivity index (χ1n) is 7.17. The van der Waals surface area contributed by atoms with Crippen LogP contribution in [-0.2, 0) is 6.54 Å². The zero-order valence-corrected chi connectivity index (χ0v) is 14.2. The van der Waals surface area contributed by atoms with E-state index in [9.17, 15) is 0 Å². The van der Waals surface area contributed by atoms with Crippen molar-refractivity contribution < 1.29 is 9.47 Å². The SMILES string of the molecule is Cc1sc2nc(Cl)nc(NCc3ccc4c(c3)OCO4)c2c1C. The molecular formula is C16H14ClN3O2S. The fraction of sp³-hybridized carbons (Fsp3) is 0.250. The topological polar surface area (TPSA) is 56.3 Å². The number of hydrogen-bond acceptors (Lipinski definition) is 6. The summed E-state index contributed by atoms with van der Waals surface area (Å²) in [4.78, 5) is 10.8. The third-order valence-electron chi connectivity index (χ3n) is 3.90. The molecule has 0 saturated heterocycles. The molecule has 0 atom stereocenters. The summed E-state index contributed by atoms with van der Waals surface area (Å²) in [7, 11) is 0. The first-order chi connectivity index (χ1) is 11.1. The number of aromatic nitrogens is 2. The lowest BCUT2D eigenvalue weighted by atomic mass is 10.2. The lowest BCUT2D eigenvalue weighted by Gasteiger charge is -2.09. The Balaban J connectivity index is 1.65. The van der Waals surface area contributed by atoms with Crippen molar-refractivity contribution in [3.05, 3.63) is 39.5 Å². The average molecular weight is 348 g/mol. The van der Waals surface area contributed by atoms with Crippen LogP contribution in [-0.4, -0.2) is 16.8 Å². The van der Waals surface area contributed by atoms with Crippen molar-refractivity contribution in [1.82, 2.24) is 9.97 Å². The minimum Gasteiger partial charge on any atom is -0.454 e. The molecule has 7 heteroatoms. The third-order valence-corrected chi connectivity index (χ3v) is 5.17. The van der Waals surface area contributed by atoms with E-state index >= 15 is 0 Å². The number of thiophene rings is 1. The molecule has 2 aromatic heterocycles. The van der Waals surface area contributed by atoms with Crippen LogP contribution in [0.15, 0.2) is 18.2 Å². The molecule has 0 spiro atoms. The zero-order valence-electron chi connectivity index (χ0n) is 12.6. The van der Waals surface area contributed by atoms with Crippen molar-refractivity contribution in [2.45, 2.75) is 20.4 Å². The van der Waals surface area contributed by atoms with Gasteiger partial charge < -0.3 is 14.8 Å². The first kappa shape index (κ1) is 14.5. The lowest BCUT2D eigenvalue weighted by molar-refractivity contribution is 0.174. The summed E-state index contributed by atoms with van der Waals surface area (Å²) < 4.78 is 10.7. The molecule has 118 valence electrons. The number of halogens is 1. The van der Waals surface area contributed by atoms with Gasteiger partial charge in [-0.3, -0.25) is 0 Å². The van der Waals surface area contributed by atoms with Crippen molar-refractivity contribution >= 4 is 39.0 Å². The van der Waals surface area contributed by atoms with Crippen molar-refractivity contribution in [2.24, 2.45) is 0 Å². The Hall–Kier alpha value is -2.05. The highest BCUT2D eigenvalue weighted by molar-refractivity contribution is 7.18. The van der Waals surface area contributed by atoms with Crippen LogP contribution < -0.4 is 14.8 Å². The molecule has 0 radical (unpaired) electrons. The molecule has 0 saturated carbocycles. The molecule has 0 unspecified atom stereocenters. The van der Waals surface area contributed by atoms with Crippen LogP contribution in [0.25, 0.3) is 10.2 Å². The van der Waals surface area contributed by atoms with E-state index in [4.69, 9.17) is 21.1 Å². The van der Waals surface area contributed by atoms with Gasteiger partial charge in [0.25, 0.3) is 0 Å². The molecule has 23 heavy (non-hydrogen) atoms. The smallest absolute Gasteiger partial charge is 0.231 e.